The van der Waals surface area contributed by atoms with Gasteiger partial charge in [0.1, 0.15) is 16.9 Å². The summed E-state index contributed by atoms with van der Waals surface area (Å²) in [5.41, 5.74) is 5.98. The predicted octanol–water partition coefficient (Wildman–Crippen LogP) is 1.56. The maximum atomic E-state index is 12.5. The van der Waals surface area contributed by atoms with Crippen LogP contribution in [0.4, 0.5) is 17.1 Å². The number of amides is 1. The number of aromatic nitrogens is 1. The molecule has 0 unspecified atom stereocenters. The van der Waals surface area contributed by atoms with Gasteiger partial charge >= 0.3 is 5.97 Å². The predicted molar refractivity (Wildman–Crippen MR) is 88.8 cm³/mol. The molecule has 1 amide bonds. The molecule has 0 spiro atoms. The SMILES string of the molecule is COC(=O)c1ccc(N)c(NC(=O)c2cc([N+](=O)[O-])cn2C)c1OC. The summed E-state index contributed by atoms with van der Waals surface area (Å²) in [6.45, 7) is 0. The van der Waals surface area contributed by atoms with Gasteiger partial charge in [-0.05, 0) is 12.1 Å². The number of benzene rings is 1. The Balaban J connectivity index is 2.44. The van der Waals surface area contributed by atoms with E-state index in [4.69, 9.17) is 10.5 Å². The van der Waals surface area contributed by atoms with Crippen LogP contribution in [0.5, 0.6) is 5.75 Å². The van der Waals surface area contributed by atoms with E-state index in [1.807, 2.05) is 0 Å². The summed E-state index contributed by atoms with van der Waals surface area (Å²) >= 11 is 0. The Bertz CT molecular complexity index is 858. The number of aryl methyl sites for hydroxylation is 1. The fourth-order valence-electron chi connectivity index (χ4n) is 2.26. The third kappa shape index (κ3) is 3.37. The van der Waals surface area contributed by atoms with Crippen LogP contribution in [0.3, 0.4) is 0 Å². The van der Waals surface area contributed by atoms with E-state index in [-0.39, 0.29) is 34.1 Å². The van der Waals surface area contributed by atoms with E-state index in [0.29, 0.717) is 0 Å². The van der Waals surface area contributed by atoms with Gasteiger partial charge in [0.25, 0.3) is 11.6 Å². The van der Waals surface area contributed by atoms with Crippen molar-refractivity contribution in [3.8, 4) is 5.75 Å². The van der Waals surface area contributed by atoms with Crippen LogP contribution in [0.2, 0.25) is 0 Å². The van der Waals surface area contributed by atoms with Gasteiger partial charge in [-0.2, -0.15) is 0 Å². The van der Waals surface area contributed by atoms with Gasteiger partial charge in [-0.3, -0.25) is 14.9 Å². The number of hydrogen-bond acceptors (Lipinski definition) is 7. The Morgan fingerprint density at radius 2 is 2.00 bits per heavy atom. The Morgan fingerprint density at radius 3 is 2.52 bits per heavy atom. The van der Waals surface area contributed by atoms with Gasteiger partial charge in [0.05, 0.1) is 31.0 Å². The molecular formula is C15H16N4O6. The molecule has 10 heteroatoms. The molecule has 0 aliphatic rings. The second-order valence-corrected chi connectivity index (χ2v) is 5.01. The molecule has 0 bridgehead atoms. The van der Waals surface area contributed by atoms with Gasteiger partial charge in [-0.25, -0.2) is 4.79 Å². The molecule has 3 N–H and O–H groups in total. The topological polar surface area (TPSA) is 139 Å². The third-order valence-corrected chi connectivity index (χ3v) is 3.47. The van der Waals surface area contributed by atoms with Gasteiger partial charge in [0, 0.05) is 13.1 Å². The average molecular weight is 348 g/mol. The number of ether oxygens (including phenoxy) is 2. The van der Waals surface area contributed by atoms with Crippen LogP contribution >= 0.6 is 0 Å². The molecule has 1 heterocycles. The monoisotopic (exact) mass is 348 g/mol. The van der Waals surface area contributed by atoms with Crippen molar-refractivity contribution in [2.45, 2.75) is 0 Å². The first-order chi connectivity index (χ1) is 11.8. The number of hydrogen-bond donors (Lipinski definition) is 2. The van der Waals surface area contributed by atoms with Crippen molar-refractivity contribution < 1.29 is 24.0 Å². The highest BCUT2D eigenvalue weighted by Gasteiger charge is 2.23. The molecule has 0 radical (unpaired) electrons. The van der Waals surface area contributed by atoms with Gasteiger partial charge < -0.3 is 25.1 Å². The summed E-state index contributed by atoms with van der Waals surface area (Å²) in [5, 5.41) is 13.3. The molecule has 0 aliphatic carbocycles. The molecule has 0 saturated heterocycles. The van der Waals surface area contributed by atoms with Crippen LogP contribution < -0.4 is 15.8 Å². The van der Waals surface area contributed by atoms with Gasteiger partial charge in [-0.1, -0.05) is 0 Å². The van der Waals surface area contributed by atoms with Crippen molar-refractivity contribution in [2.75, 3.05) is 25.3 Å². The first kappa shape index (κ1) is 17.8. The molecule has 0 fully saturated rings. The van der Waals surface area contributed by atoms with Crippen LogP contribution in [-0.2, 0) is 11.8 Å². The normalized spacial score (nSPS) is 10.2. The van der Waals surface area contributed by atoms with E-state index >= 15 is 0 Å². The summed E-state index contributed by atoms with van der Waals surface area (Å²) in [4.78, 5) is 34.5. The van der Waals surface area contributed by atoms with Crippen molar-refractivity contribution in [3.05, 3.63) is 45.8 Å². The zero-order chi connectivity index (χ0) is 18.7. The summed E-state index contributed by atoms with van der Waals surface area (Å²) < 4.78 is 11.1. The lowest BCUT2D eigenvalue weighted by Crippen LogP contribution is -2.18. The number of nitrogens with one attached hydrogen (secondary N) is 1. The Labute approximate surface area is 142 Å². The highest BCUT2D eigenvalue weighted by atomic mass is 16.6. The highest BCUT2D eigenvalue weighted by molar-refractivity contribution is 6.08. The Kier molecular flexibility index (Phi) is 4.92. The molecule has 1 aromatic carbocycles. The summed E-state index contributed by atoms with van der Waals surface area (Å²) in [6, 6.07) is 3.95. The van der Waals surface area contributed by atoms with E-state index in [2.05, 4.69) is 10.1 Å². The van der Waals surface area contributed by atoms with Crippen LogP contribution in [0.25, 0.3) is 0 Å². The molecule has 2 aromatic rings. The van der Waals surface area contributed by atoms with E-state index in [9.17, 15) is 19.7 Å². The molecule has 2 rings (SSSR count). The maximum absolute atomic E-state index is 12.5. The van der Waals surface area contributed by atoms with Gasteiger partial charge in [-0.15, -0.1) is 0 Å². The van der Waals surface area contributed by atoms with Crippen LogP contribution in [0.1, 0.15) is 20.8 Å². The van der Waals surface area contributed by atoms with E-state index in [1.165, 1.54) is 44.2 Å². The van der Waals surface area contributed by atoms with Crippen molar-refractivity contribution >= 4 is 28.9 Å². The number of rotatable bonds is 5. The zero-order valence-electron chi connectivity index (χ0n) is 13.7. The summed E-state index contributed by atoms with van der Waals surface area (Å²) in [5.74, 6) is -1.28. The molecule has 0 saturated carbocycles. The number of nitro groups is 1. The number of anilines is 2. The minimum Gasteiger partial charge on any atom is -0.494 e. The quantitative estimate of drug-likeness (QED) is 0.362. The van der Waals surface area contributed by atoms with Crippen molar-refractivity contribution in [2.24, 2.45) is 7.05 Å². The van der Waals surface area contributed by atoms with Crippen LogP contribution in [-0.4, -0.2) is 35.6 Å². The minimum absolute atomic E-state index is 0.0314. The molecule has 1 aromatic heterocycles. The maximum Gasteiger partial charge on any atom is 0.341 e. The lowest BCUT2D eigenvalue weighted by atomic mass is 10.1. The smallest absolute Gasteiger partial charge is 0.341 e. The lowest BCUT2D eigenvalue weighted by Gasteiger charge is -2.15. The fourth-order valence-corrected chi connectivity index (χ4v) is 2.26. The molecule has 0 atom stereocenters. The Hall–Kier alpha value is -3.56. The fraction of sp³-hybridized carbons (Fsp3) is 0.200. The first-order valence-electron chi connectivity index (χ1n) is 6.97. The lowest BCUT2D eigenvalue weighted by molar-refractivity contribution is -0.384. The van der Waals surface area contributed by atoms with Gasteiger partial charge in [0.15, 0.2) is 5.75 Å². The summed E-state index contributed by atoms with van der Waals surface area (Å²) in [6.07, 6.45) is 1.21. The number of nitrogen functional groups attached to an aromatic ring is 1. The summed E-state index contributed by atoms with van der Waals surface area (Å²) in [7, 11) is 4.01. The Morgan fingerprint density at radius 1 is 1.32 bits per heavy atom. The molecule has 132 valence electrons. The van der Waals surface area contributed by atoms with E-state index < -0.39 is 16.8 Å². The number of nitrogens with two attached hydrogens (primary N) is 1. The number of esters is 1. The molecular weight excluding hydrogens is 332 g/mol. The van der Waals surface area contributed by atoms with Crippen molar-refractivity contribution in [3.63, 3.8) is 0 Å². The minimum atomic E-state index is -0.665. The van der Waals surface area contributed by atoms with Crippen LogP contribution in [0.15, 0.2) is 24.4 Å². The number of methoxy groups -OCH3 is 2. The largest absolute Gasteiger partial charge is 0.494 e. The molecule has 0 aliphatic heterocycles. The van der Waals surface area contributed by atoms with Crippen molar-refractivity contribution in [1.82, 2.24) is 4.57 Å². The first-order valence-corrected chi connectivity index (χ1v) is 6.97. The third-order valence-electron chi connectivity index (χ3n) is 3.47. The van der Waals surface area contributed by atoms with E-state index in [1.54, 1.807) is 0 Å². The second kappa shape index (κ2) is 6.91. The standard InChI is InChI=1S/C15H16N4O6/c1-18-7-8(19(22)23)6-11(18)14(20)17-12-10(16)5-4-9(13(12)24-2)15(21)25-3/h4-7H,16H2,1-3H3,(H,17,20). The van der Waals surface area contributed by atoms with Gasteiger partial charge in [0.2, 0.25) is 0 Å². The van der Waals surface area contributed by atoms with E-state index in [0.717, 1.165) is 6.07 Å². The number of carbonyl (C=O) groups is 2. The zero-order valence-corrected chi connectivity index (χ0v) is 13.7. The van der Waals surface area contributed by atoms with Crippen LogP contribution in [0, 0.1) is 10.1 Å². The molecule has 25 heavy (non-hydrogen) atoms. The highest BCUT2D eigenvalue weighted by Crippen LogP contribution is 2.35. The average Bonchev–Trinajstić information content (AvgIpc) is 2.97. The van der Waals surface area contributed by atoms with Crippen molar-refractivity contribution in [1.29, 1.82) is 0 Å². The number of nitrogens with zero attached hydrogens (tertiary/aromatic N) is 2. The molecule has 10 nitrogen and oxygen atoms in total. The second-order valence-electron chi connectivity index (χ2n) is 5.01. The number of carbonyl (C=O) groups excluding carboxylic acids is 2.